The molecule has 0 radical (unpaired) electrons. The molecule has 0 aliphatic heterocycles. The van der Waals surface area contributed by atoms with Crippen LogP contribution in [-0.2, 0) is 23.7 Å². The molecule has 0 aromatic heterocycles. The van der Waals surface area contributed by atoms with Gasteiger partial charge in [0.05, 0.1) is 36.4 Å². The van der Waals surface area contributed by atoms with Gasteiger partial charge >= 0.3 is 6.11 Å². The molecule has 10 N–H and O–H groups in total. The van der Waals surface area contributed by atoms with Crippen molar-refractivity contribution in [1.82, 2.24) is 0 Å². The Morgan fingerprint density at radius 2 is 0.723 bits per heavy atom. The molecule has 0 bridgehead atoms. The third-order valence-electron chi connectivity index (χ3n) is 21.5. The molecule has 0 spiro atoms. The Hall–Kier alpha value is -1.36. The van der Waals surface area contributed by atoms with E-state index in [0.29, 0.717) is 37.0 Å². The molecule has 9 saturated carbocycles. The Morgan fingerprint density at radius 3 is 1.14 bits per heavy atom. The summed E-state index contributed by atoms with van der Waals surface area (Å²) in [5.41, 5.74) is 0. The second-order valence-electron chi connectivity index (χ2n) is 26.2. The Bertz CT molecular complexity index is 1660. The van der Waals surface area contributed by atoms with Crippen LogP contribution in [0.5, 0.6) is 0 Å². The van der Waals surface area contributed by atoms with Crippen molar-refractivity contribution in [2.24, 2.45) is 71.0 Å². The van der Waals surface area contributed by atoms with Gasteiger partial charge < -0.3 is 51.1 Å². The highest BCUT2D eigenvalue weighted by Crippen LogP contribution is 2.49. The van der Waals surface area contributed by atoms with E-state index in [2.05, 4.69) is 31.2 Å². The van der Waals surface area contributed by atoms with Gasteiger partial charge in [0.2, 0.25) is 0 Å². The molecule has 9 rings (SSSR count). The van der Waals surface area contributed by atoms with Crippen LogP contribution in [0.4, 0.5) is 43.9 Å². The first-order valence-electron chi connectivity index (χ1n) is 31.3. The summed E-state index contributed by atoms with van der Waals surface area (Å²) in [5.74, 6) is 6.63. The number of ether oxygens (including phenoxy) is 5. The molecular weight excluding hydrogens is 1110 g/mol. The van der Waals surface area contributed by atoms with Gasteiger partial charge in [0.15, 0.2) is 37.7 Å². The summed E-state index contributed by atoms with van der Waals surface area (Å²) in [7, 11) is 4.12. The summed E-state index contributed by atoms with van der Waals surface area (Å²) >= 11 is 0. The van der Waals surface area contributed by atoms with Crippen molar-refractivity contribution >= 4 is 0 Å². The Balaban J connectivity index is -0.000000531. The second-order valence-corrected chi connectivity index (χ2v) is 26.2. The number of hydrogen-bond acceptors (Lipinski definition) is 5. The lowest BCUT2D eigenvalue weighted by atomic mass is 9.65. The number of halogens is 10. The van der Waals surface area contributed by atoms with Gasteiger partial charge in [0, 0.05) is 27.0 Å². The normalized spacial score (nSPS) is 42.0. The molecule has 0 aromatic carbocycles. The van der Waals surface area contributed by atoms with Crippen molar-refractivity contribution < 1.29 is 101 Å². The lowest BCUT2D eigenvalue weighted by Gasteiger charge is -2.43. The zero-order valence-corrected chi connectivity index (χ0v) is 50.9. The fourth-order valence-electron chi connectivity index (χ4n) is 16.0. The zero-order valence-electron chi connectivity index (χ0n) is 50.9. The summed E-state index contributed by atoms with van der Waals surface area (Å²) in [6.45, 7) is 7.99. The van der Waals surface area contributed by atoms with Crippen LogP contribution in [0, 0.1) is 71.0 Å². The van der Waals surface area contributed by atoms with Crippen molar-refractivity contribution in [1.29, 1.82) is 0 Å². The maximum absolute atomic E-state index is 14.7. The van der Waals surface area contributed by atoms with Crippen LogP contribution >= 0.6 is 0 Å². The zero-order chi connectivity index (χ0) is 56.5. The first-order valence-corrected chi connectivity index (χ1v) is 31.3. The molecule has 504 valence electrons. The maximum Gasteiger partial charge on any atom is 0.358 e. The predicted molar refractivity (Wildman–Crippen MR) is 316 cm³/mol. The standard InChI is InChI=1S/C21H34F4O2.C21H34F2O.C14H25FO.C7H11F3O.5H2O.4H2/c1-13-3-5-14(6-4-13)15-7-9-16(10-8-15)21(24,25)27-18-12-11-17(26-2)19(22)20(18)23;1-3-14-4-6-15(7-5-14)16-8-10-17(11-9-16)18-12-13-19(24-2)21(23)20(18)22;1-11-2-4-12(5-3-11)13-6-8-14(9-7-13)16-10-15;1-11-5-3-2-4(8)6(9)7(5)10;;;;;;;;;/h13-20H,3-12H2,1-2H3;3,14-21H,1,4-13H2,2H3;11-14H,2-10H2,1H3;4-7H,2-3H2,1H3;5*1H2;4*1H. The van der Waals surface area contributed by atoms with E-state index in [1.807, 2.05) is 0 Å². The van der Waals surface area contributed by atoms with E-state index < -0.39 is 86.5 Å². The van der Waals surface area contributed by atoms with E-state index in [9.17, 15) is 43.9 Å². The monoisotopic (exact) mass is 1230 g/mol. The van der Waals surface area contributed by atoms with E-state index >= 15 is 0 Å². The lowest BCUT2D eigenvalue weighted by Crippen LogP contribution is -2.50. The minimum Gasteiger partial charge on any atom is -0.412 e. The Morgan fingerprint density at radius 1 is 0.398 bits per heavy atom. The highest BCUT2D eigenvalue weighted by molar-refractivity contribution is 4.96. The van der Waals surface area contributed by atoms with Crippen molar-refractivity contribution in [3.8, 4) is 0 Å². The molecule has 12 unspecified atom stereocenters. The topological polar surface area (TPSA) is 204 Å². The van der Waals surface area contributed by atoms with Gasteiger partial charge in [-0.3, -0.25) is 0 Å². The molecule has 10 nitrogen and oxygen atoms in total. The van der Waals surface area contributed by atoms with Gasteiger partial charge in [-0.05, 0) is 232 Å². The van der Waals surface area contributed by atoms with E-state index in [1.165, 1.54) is 124 Å². The molecule has 0 heterocycles. The molecule has 0 amide bonds. The van der Waals surface area contributed by atoms with Gasteiger partial charge in [-0.15, -0.1) is 6.58 Å². The minimum absolute atomic E-state index is 0. The summed E-state index contributed by atoms with van der Waals surface area (Å²) in [6, 6.07) is 0. The molecule has 0 aromatic rings. The van der Waals surface area contributed by atoms with Crippen LogP contribution in [0.15, 0.2) is 12.7 Å². The molecule has 9 fully saturated rings. The first kappa shape index (κ1) is 79.7. The summed E-state index contributed by atoms with van der Waals surface area (Å²) < 4.78 is 161. The van der Waals surface area contributed by atoms with E-state index in [1.54, 1.807) is 0 Å². The van der Waals surface area contributed by atoms with Gasteiger partial charge in [-0.1, -0.05) is 45.6 Å². The first-order chi connectivity index (χ1) is 37.4. The maximum atomic E-state index is 14.7. The van der Waals surface area contributed by atoms with Crippen LogP contribution in [0.25, 0.3) is 0 Å². The fourth-order valence-corrected chi connectivity index (χ4v) is 16.0. The number of alkyl halides is 10. The van der Waals surface area contributed by atoms with Gasteiger partial charge in [0.1, 0.15) is 12.3 Å². The smallest absolute Gasteiger partial charge is 0.358 e. The molecular formula is C63H122F10O10. The highest BCUT2D eigenvalue weighted by Gasteiger charge is 2.51. The van der Waals surface area contributed by atoms with Crippen LogP contribution in [0.1, 0.15) is 212 Å². The Kier molecular flexibility index (Phi) is 38.0. The number of hydrogen-bond donors (Lipinski definition) is 0. The largest absolute Gasteiger partial charge is 0.412 e. The average molecular weight is 1230 g/mol. The molecule has 20 heteroatoms. The quantitative estimate of drug-likeness (QED) is 0.130. The van der Waals surface area contributed by atoms with Crippen LogP contribution in [-0.4, -0.2) is 135 Å². The fraction of sp³-hybridized carbons (Fsp3) is 0.968. The third-order valence-corrected chi connectivity index (χ3v) is 21.5. The van der Waals surface area contributed by atoms with Crippen molar-refractivity contribution in [2.45, 2.75) is 286 Å². The van der Waals surface area contributed by atoms with Crippen LogP contribution in [0.3, 0.4) is 0 Å². The second kappa shape index (κ2) is 39.6. The number of methoxy groups -OCH3 is 3. The van der Waals surface area contributed by atoms with Gasteiger partial charge in [-0.2, -0.15) is 8.78 Å². The highest BCUT2D eigenvalue weighted by atomic mass is 19.3. The summed E-state index contributed by atoms with van der Waals surface area (Å²) in [4.78, 5) is 0. The predicted octanol–water partition coefficient (Wildman–Crippen LogP) is 15.0. The van der Waals surface area contributed by atoms with Crippen molar-refractivity contribution in [2.75, 3.05) is 28.2 Å². The molecule has 83 heavy (non-hydrogen) atoms. The Labute approximate surface area is 497 Å². The number of rotatable bonds is 13. The third kappa shape index (κ3) is 22.9. The minimum atomic E-state index is -3.39. The van der Waals surface area contributed by atoms with Crippen molar-refractivity contribution in [3.05, 3.63) is 12.7 Å². The molecule has 12 atom stereocenters. The molecule has 9 aliphatic carbocycles. The summed E-state index contributed by atoms with van der Waals surface area (Å²) in [6.07, 6.45) is 12.9. The van der Waals surface area contributed by atoms with Crippen LogP contribution in [0.2, 0.25) is 0 Å². The van der Waals surface area contributed by atoms with E-state index in [0.717, 1.165) is 86.4 Å². The average Bonchev–Trinajstić information content (AvgIpc) is 3.05. The molecule has 0 saturated heterocycles. The molecule has 9 aliphatic rings. The number of allylic oxidation sites excluding steroid dienone is 1. The van der Waals surface area contributed by atoms with Crippen LogP contribution < -0.4 is 0 Å². The van der Waals surface area contributed by atoms with Gasteiger partial charge in [0.25, 0.3) is 0 Å². The SMILES string of the molecule is C=CC1CCC(C2CCC(C3CCC(OC)C(F)C3F)CC2)CC1.CC1CCC(C2CCC(OCF)CC2)CC1.COC1CCC(F)C(F)C1F.COC1CCC(OC(F)(F)C2CCC(C3CCC(C)CC3)CC2)C(F)C1F.O.O.O.O.O.[HH].[HH].[HH].[HH]. The van der Waals surface area contributed by atoms with Gasteiger partial charge in [-0.25, -0.2) is 35.1 Å². The lowest BCUT2D eigenvalue weighted by molar-refractivity contribution is -0.314. The van der Waals surface area contributed by atoms with E-state index in [-0.39, 0.29) is 70.8 Å². The van der Waals surface area contributed by atoms with Crippen molar-refractivity contribution in [3.63, 3.8) is 0 Å². The summed E-state index contributed by atoms with van der Waals surface area (Å²) in [5, 5.41) is 0. The van der Waals surface area contributed by atoms with E-state index in [4.69, 9.17) is 18.9 Å².